The molecule has 0 saturated carbocycles. The molecule has 0 aliphatic carbocycles. The van der Waals surface area contributed by atoms with Gasteiger partial charge in [0.25, 0.3) is 0 Å². The van der Waals surface area contributed by atoms with E-state index in [-0.39, 0.29) is 12.5 Å². The van der Waals surface area contributed by atoms with Gasteiger partial charge >= 0.3 is 12.4 Å². The first-order valence-electron chi connectivity index (χ1n) is 12.4. The van der Waals surface area contributed by atoms with Gasteiger partial charge in [-0.25, -0.2) is 0 Å². The summed E-state index contributed by atoms with van der Waals surface area (Å²) in [6.07, 6.45) is -8.76. The minimum atomic E-state index is -5.07. The molecule has 3 amide bonds. The highest BCUT2D eigenvalue weighted by atomic mass is 19.4. The second-order valence-electron chi connectivity index (χ2n) is 9.70. The van der Waals surface area contributed by atoms with E-state index in [0.29, 0.717) is 28.6 Å². The van der Waals surface area contributed by atoms with Crippen LogP contribution >= 0.6 is 0 Å². The van der Waals surface area contributed by atoms with Gasteiger partial charge in [0.2, 0.25) is 17.7 Å². The van der Waals surface area contributed by atoms with E-state index in [4.69, 9.17) is 0 Å². The van der Waals surface area contributed by atoms with E-state index in [9.17, 15) is 45.5 Å². The van der Waals surface area contributed by atoms with E-state index in [0.717, 1.165) is 4.90 Å². The van der Waals surface area contributed by atoms with Crippen molar-refractivity contribution in [2.75, 3.05) is 13.1 Å². The smallest absolute Gasteiger partial charge is 0.361 e. The standard InChI is InChI=1S/C27H24F6N4O4/c1-14-25(41)37(13-23(39)36-14)12-22(38)20(8-16-11-34-21-5-3-2-4-19(16)21)24(40)35-10-15-6-17(26(28,29)30)9-18(7-15)27(31,32)33/h2-7,9,11,14,20,34H,8,10,12-13H2,1H3,(H,35,40)(H,36,39). The van der Waals surface area contributed by atoms with Crippen molar-refractivity contribution in [2.45, 2.75) is 38.3 Å². The summed E-state index contributed by atoms with van der Waals surface area (Å²) in [4.78, 5) is 55.0. The maximum absolute atomic E-state index is 13.4. The van der Waals surface area contributed by atoms with Gasteiger partial charge in [-0.15, -0.1) is 0 Å². The second kappa shape index (κ2) is 11.3. The Balaban J connectivity index is 1.60. The Hall–Kier alpha value is -4.36. The largest absolute Gasteiger partial charge is 0.416 e. The van der Waals surface area contributed by atoms with Crippen LogP contribution in [0.2, 0.25) is 0 Å². The van der Waals surface area contributed by atoms with Crippen molar-refractivity contribution in [3.05, 3.63) is 70.9 Å². The number of para-hydroxylation sites is 1. The Morgan fingerprint density at radius 2 is 1.66 bits per heavy atom. The van der Waals surface area contributed by atoms with Gasteiger partial charge in [0.1, 0.15) is 18.5 Å². The van der Waals surface area contributed by atoms with Crippen molar-refractivity contribution in [3.8, 4) is 0 Å². The summed E-state index contributed by atoms with van der Waals surface area (Å²) in [6, 6.07) is 7.04. The molecular formula is C27H24F6N4O4. The number of fused-ring (bicyclic) bond motifs is 1. The topological polar surface area (TPSA) is 111 Å². The number of alkyl halides is 6. The normalized spacial score (nSPS) is 17.0. The molecule has 3 aromatic rings. The average molecular weight is 583 g/mol. The minimum Gasteiger partial charge on any atom is -0.361 e. The average Bonchev–Trinajstić information content (AvgIpc) is 3.30. The molecule has 3 N–H and O–H groups in total. The van der Waals surface area contributed by atoms with E-state index in [1.54, 1.807) is 30.5 Å². The maximum Gasteiger partial charge on any atom is 0.416 e. The zero-order valence-corrected chi connectivity index (χ0v) is 21.4. The van der Waals surface area contributed by atoms with Crippen LogP contribution < -0.4 is 10.6 Å². The van der Waals surface area contributed by atoms with Crippen LogP contribution in [0.3, 0.4) is 0 Å². The zero-order valence-electron chi connectivity index (χ0n) is 21.4. The fraction of sp³-hybridized carbons (Fsp3) is 0.333. The minimum absolute atomic E-state index is 0.0264. The van der Waals surface area contributed by atoms with Gasteiger partial charge in [0.05, 0.1) is 17.7 Å². The molecule has 4 rings (SSSR count). The summed E-state index contributed by atoms with van der Waals surface area (Å²) in [6.45, 7) is -0.317. The first kappa shape index (κ1) is 29.6. The number of carbonyl (C=O) groups excluding carboxylic acids is 4. The molecule has 0 radical (unpaired) electrons. The third-order valence-corrected chi connectivity index (χ3v) is 6.66. The van der Waals surface area contributed by atoms with Gasteiger partial charge in [-0.2, -0.15) is 26.3 Å². The van der Waals surface area contributed by atoms with E-state index in [1.807, 2.05) is 0 Å². The summed E-state index contributed by atoms with van der Waals surface area (Å²) in [7, 11) is 0. The van der Waals surface area contributed by atoms with Gasteiger partial charge in [-0.1, -0.05) is 18.2 Å². The van der Waals surface area contributed by atoms with Crippen LogP contribution in [0.5, 0.6) is 0 Å². The molecule has 41 heavy (non-hydrogen) atoms. The molecule has 1 aliphatic rings. The molecule has 1 saturated heterocycles. The van der Waals surface area contributed by atoms with Gasteiger partial charge in [0.15, 0.2) is 5.78 Å². The van der Waals surface area contributed by atoms with Crippen molar-refractivity contribution < 1.29 is 45.5 Å². The molecule has 14 heteroatoms. The van der Waals surface area contributed by atoms with Gasteiger partial charge in [-0.3, -0.25) is 19.2 Å². The van der Waals surface area contributed by atoms with Crippen LogP contribution in [0.25, 0.3) is 10.9 Å². The molecule has 2 unspecified atom stereocenters. The lowest BCUT2D eigenvalue weighted by Crippen LogP contribution is -2.58. The number of H-pyrrole nitrogens is 1. The van der Waals surface area contributed by atoms with Crippen molar-refractivity contribution in [2.24, 2.45) is 5.92 Å². The summed E-state index contributed by atoms with van der Waals surface area (Å²) in [5.74, 6) is -4.26. The lowest BCUT2D eigenvalue weighted by Gasteiger charge is -2.31. The summed E-state index contributed by atoms with van der Waals surface area (Å²) < 4.78 is 79.5. The highest BCUT2D eigenvalue weighted by Gasteiger charge is 2.38. The lowest BCUT2D eigenvalue weighted by atomic mass is 9.93. The number of nitrogens with zero attached hydrogens (tertiary/aromatic N) is 1. The number of carbonyl (C=O) groups is 4. The predicted molar refractivity (Wildman–Crippen MR) is 133 cm³/mol. The SMILES string of the molecule is CC1NC(=O)CN(CC(=O)C(Cc2c[nH]c3ccccc23)C(=O)NCc2cc(C(F)(F)F)cc(C(F)(F)F)c2)C1=O. The number of piperazine rings is 1. The van der Waals surface area contributed by atoms with Crippen molar-refractivity contribution in [1.29, 1.82) is 0 Å². The first-order valence-corrected chi connectivity index (χ1v) is 12.4. The van der Waals surface area contributed by atoms with E-state index in [2.05, 4.69) is 15.6 Å². The molecule has 1 aliphatic heterocycles. The number of rotatable bonds is 8. The van der Waals surface area contributed by atoms with E-state index < -0.39 is 84.1 Å². The number of amides is 3. The van der Waals surface area contributed by atoms with Crippen LogP contribution in [0.1, 0.15) is 29.2 Å². The highest BCUT2D eigenvalue weighted by Crippen LogP contribution is 2.36. The maximum atomic E-state index is 13.4. The summed E-state index contributed by atoms with van der Waals surface area (Å²) in [5.41, 5.74) is -2.31. The number of aromatic amines is 1. The zero-order chi connectivity index (χ0) is 30.1. The predicted octanol–water partition coefficient (Wildman–Crippen LogP) is 3.60. The van der Waals surface area contributed by atoms with Crippen LogP contribution in [-0.4, -0.2) is 52.5 Å². The Kier molecular flexibility index (Phi) is 8.13. The van der Waals surface area contributed by atoms with Crippen molar-refractivity contribution in [3.63, 3.8) is 0 Å². The number of benzene rings is 2. The fourth-order valence-electron chi connectivity index (χ4n) is 4.61. The van der Waals surface area contributed by atoms with Gasteiger partial charge < -0.3 is 20.5 Å². The molecule has 218 valence electrons. The molecular weight excluding hydrogens is 558 g/mol. The first-order chi connectivity index (χ1) is 19.1. The van der Waals surface area contributed by atoms with Crippen molar-refractivity contribution in [1.82, 2.24) is 20.5 Å². The monoisotopic (exact) mass is 582 g/mol. The number of aromatic nitrogens is 1. The summed E-state index contributed by atoms with van der Waals surface area (Å²) >= 11 is 0. The molecule has 1 aromatic heterocycles. The quantitative estimate of drug-likeness (QED) is 0.279. The van der Waals surface area contributed by atoms with E-state index >= 15 is 0 Å². The molecule has 2 atom stereocenters. The molecule has 1 fully saturated rings. The van der Waals surface area contributed by atoms with Crippen molar-refractivity contribution >= 4 is 34.4 Å². The number of hydrogen-bond donors (Lipinski definition) is 3. The number of Topliss-reactive ketones (excluding diaryl/α,β-unsaturated/α-hetero) is 1. The Morgan fingerprint density at radius 3 is 2.29 bits per heavy atom. The van der Waals surface area contributed by atoms with Crippen LogP contribution in [-0.2, 0) is 44.5 Å². The Morgan fingerprint density at radius 1 is 1.02 bits per heavy atom. The number of hydrogen-bond acceptors (Lipinski definition) is 4. The van der Waals surface area contributed by atoms with Gasteiger partial charge in [0, 0.05) is 23.6 Å². The lowest BCUT2D eigenvalue weighted by molar-refractivity contribution is -0.147. The van der Waals surface area contributed by atoms with Crippen LogP contribution in [0.4, 0.5) is 26.3 Å². The highest BCUT2D eigenvalue weighted by molar-refractivity contribution is 6.05. The van der Waals surface area contributed by atoms with Crippen LogP contribution in [0, 0.1) is 5.92 Å². The Bertz CT molecular complexity index is 1460. The molecule has 2 heterocycles. The summed E-state index contributed by atoms with van der Waals surface area (Å²) in [5, 5.41) is 5.39. The van der Waals surface area contributed by atoms with Crippen LogP contribution in [0.15, 0.2) is 48.7 Å². The number of nitrogens with one attached hydrogen (secondary N) is 3. The second-order valence-corrected chi connectivity index (χ2v) is 9.70. The fourth-order valence-corrected chi connectivity index (χ4v) is 4.61. The van der Waals surface area contributed by atoms with E-state index in [1.165, 1.54) is 6.92 Å². The third-order valence-electron chi connectivity index (χ3n) is 6.66. The molecule has 0 spiro atoms. The number of ketones is 1. The number of halogens is 6. The third kappa shape index (κ3) is 6.87. The Labute approximate surface area is 229 Å². The molecule has 2 aromatic carbocycles. The molecule has 8 nitrogen and oxygen atoms in total. The van der Waals surface area contributed by atoms with Gasteiger partial charge in [-0.05, 0) is 48.7 Å². The molecule has 0 bridgehead atoms.